The second-order valence-corrected chi connectivity index (χ2v) is 6.69. The van der Waals surface area contributed by atoms with Crippen molar-refractivity contribution in [1.82, 2.24) is 4.90 Å². The van der Waals surface area contributed by atoms with Crippen molar-refractivity contribution in [1.29, 1.82) is 0 Å². The molecule has 27 heavy (non-hydrogen) atoms. The number of hydrogen-bond acceptors (Lipinski definition) is 4. The van der Waals surface area contributed by atoms with Crippen molar-refractivity contribution >= 4 is 17.4 Å². The van der Waals surface area contributed by atoms with E-state index in [0.29, 0.717) is 5.56 Å². The zero-order valence-corrected chi connectivity index (χ0v) is 15.0. The first-order chi connectivity index (χ1) is 12.8. The van der Waals surface area contributed by atoms with Crippen molar-refractivity contribution in [2.45, 2.75) is 26.0 Å². The Morgan fingerprint density at radius 3 is 2.37 bits per heavy atom. The Morgan fingerprint density at radius 1 is 1.15 bits per heavy atom. The van der Waals surface area contributed by atoms with Crippen LogP contribution >= 0.6 is 0 Å². The molecule has 5 nitrogen and oxygen atoms in total. The summed E-state index contributed by atoms with van der Waals surface area (Å²) < 4.78 is 14.5. The van der Waals surface area contributed by atoms with Crippen molar-refractivity contribution in [3.63, 3.8) is 0 Å². The number of carbonyl (C=O) groups excluding carboxylic acids is 2. The molecule has 0 radical (unpaired) electrons. The molecule has 1 heterocycles. The summed E-state index contributed by atoms with van der Waals surface area (Å²) in [6.07, 6.45) is -0.920. The summed E-state index contributed by atoms with van der Waals surface area (Å²) >= 11 is 0. The summed E-state index contributed by atoms with van der Waals surface area (Å²) in [4.78, 5) is 26.3. The first-order valence-electron chi connectivity index (χ1n) is 8.59. The Bertz CT molecular complexity index is 918. The molecule has 2 aromatic carbocycles. The number of aryl methyl sites for hydroxylation is 1. The third-order valence-electron chi connectivity index (χ3n) is 4.53. The monoisotopic (exact) mass is 369 g/mol. The van der Waals surface area contributed by atoms with Crippen LogP contribution in [0, 0.1) is 12.7 Å². The van der Waals surface area contributed by atoms with Crippen LogP contribution < -0.4 is 0 Å². The molecule has 0 spiro atoms. The summed E-state index contributed by atoms with van der Waals surface area (Å²) in [5, 5.41) is 20.5. The van der Waals surface area contributed by atoms with E-state index in [1.54, 1.807) is 30.3 Å². The summed E-state index contributed by atoms with van der Waals surface area (Å²) in [5.41, 5.74) is 1.23. The van der Waals surface area contributed by atoms with Crippen molar-refractivity contribution < 1.29 is 24.2 Å². The van der Waals surface area contributed by atoms with Crippen LogP contribution in [0.15, 0.2) is 54.1 Å². The molecule has 0 bridgehead atoms. The lowest BCUT2D eigenvalue weighted by molar-refractivity contribution is -0.140. The molecule has 0 aliphatic carbocycles. The van der Waals surface area contributed by atoms with Gasteiger partial charge in [0.2, 0.25) is 0 Å². The number of Topliss-reactive ketones (excluding diaryl/α,β-unsaturated/α-hetero) is 1. The molecule has 2 N–H and O–H groups in total. The molecular formula is C21H20FNO4. The Hall–Kier alpha value is -2.99. The summed E-state index contributed by atoms with van der Waals surface area (Å²) in [6, 6.07) is 11.5. The standard InChI is InChI=1S/C21H20FNO4/c1-12-7-9-14(10-8-12)19(25)17-18(15-5-3-4-6-16(15)22)23(11-13(2)24)21(27)20(17)26/h3-10,13,18,24-25H,11H2,1-2H3/b19-17+. The maximum absolute atomic E-state index is 14.5. The van der Waals surface area contributed by atoms with Crippen LogP contribution in [0.2, 0.25) is 0 Å². The second kappa shape index (κ2) is 7.32. The molecule has 0 saturated carbocycles. The molecule has 2 aromatic rings. The zero-order valence-electron chi connectivity index (χ0n) is 15.0. The van der Waals surface area contributed by atoms with Gasteiger partial charge in [-0.1, -0.05) is 48.0 Å². The normalized spacial score (nSPS) is 20.1. The quantitative estimate of drug-likeness (QED) is 0.493. The number of amides is 1. The molecule has 2 unspecified atom stereocenters. The van der Waals surface area contributed by atoms with Crippen LogP contribution in [0.1, 0.15) is 29.7 Å². The number of ketones is 1. The number of rotatable bonds is 4. The van der Waals surface area contributed by atoms with Gasteiger partial charge in [-0.25, -0.2) is 4.39 Å². The van der Waals surface area contributed by atoms with E-state index >= 15 is 0 Å². The Morgan fingerprint density at radius 2 is 1.78 bits per heavy atom. The summed E-state index contributed by atoms with van der Waals surface area (Å²) in [5.74, 6) is -2.75. The highest BCUT2D eigenvalue weighted by atomic mass is 19.1. The van der Waals surface area contributed by atoms with Crippen LogP contribution in [0.4, 0.5) is 4.39 Å². The van der Waals surface area contributed by atoms with Gasteiger partial charge in [-0.05, 0) is 19.9 Å². The van der Waals surface area contributed by atoms with Gasteiger partial charge in [0.1, 0.15) is 11.6 Å². The zero-order chi connectivity index (χ0) is 19.7. The van der Waals surface area contributed by atoms with Gasteiger partial charge in [0.05, 0.1) is 17.7 Å². The van der Waals surface area contributed by atoms with Crippen LogP contribution in [-0.2, 0) is 9.59 Å². The van der Waals surface area contributed by atoms with Gasteiger partial charge in [-0.2, -0.15) is 0 Å². The Labute approximate surface area is 156 Å². The van der Waals surface area contributed by atoms with Crippen LogP contribution in [0.25, 0.3) is 5.76 Å². The molecular weight excluding hydrogens is 349 g/mol. The first-order valence-corrected chi connectivity index (χ1v) is 8.59. The first kappa shape index (κ1) is 18.8. The fourth-order valence-corrected chi connectivity index (χ4v) is 3.24. The predicted octanol–water partition coefficient (Wildman–Crippen LogP) is 2.94. The molecule has 6 heteroatoms. The van der Waals surface area contributed by atoms with Crippen molar-refractivity contribution in [3.05, 3.63) is 76.6 Å². The van der Waals surface area contributed by atoms with Gasteiger partial charge in [-0.15, -0.1) is 0 Å². The van der Waals surface area contributed by atoms with Gasteiger partial charge < -0.3 is 15.1 Å². The third kappa shape index (κ3) is 3.48. The molecule has 1 aliphatic rings. The largest absolute Gasteiger partial charge is 0.507 e. The predicted molar refractivity (Wildman–Crippen MR) is 98.3 cm³/mol. The number of nitrogens with zero attached hydrogens (tertiary/aromatic N) is 1. The summed E-state index contributed by atoms with van der Waals surface area (Å²) in [7, 11) is 0. The second-order valence-electron chi connectivity index (χ2n) is 6.69. The SMILES string of the molecule is Cc1ccc(/C(O)=C2\C(=O)C(=O)N(CC(C)O)C2c2ccccc2F)cc1. The number of aliphatic hydroxyl groups is 2. The van der Waals surface area contributed by atoms with E-state index < -0.39 is 29.7 Å². The molecule has 1 amide bonds. The smallest absolute Gasteiger partial charge is 0.295 e. The van der Waals surface area contributed by atoms with E-state index in [-0.39, 0.29) is 23.4 Å². The number of hydrogen-bond donors (Lipinski definition) is 2. The van der Waals surface area contributed by atoms with E-state index in [4.69, 9.17) is 0 Å². The highest BCUT2D eigenvalue weighted by molar-refractivity contribution is 6.46. The number of aliphatic hydroxyl groups excluding tert-OH is 2. The third-order valence-corrected chi connectivity index (χ3v) is 4.53. The topological polar surface area (TPSA) is 77.8 Å². The van der Waals surface area contributed by atoms with Gasteiger partial charge in [-0.3, -0.25) is 9.59 Å². The number of likely N-dealkylation sites (tertiary alicyclic amines) is 1. The van der Waals surface area contributed by atoms with Gasteiger partial charge in [0.25, 0.3) is 11.7 Å². The van der Waals surface area contributed by atoms with E-state index in [0.717, 1.165) is 10.5 Å². The fraction of sp³-hybridized carbons (Fsp3) is 0.238. The minimum atomic E-state index is -1.11. The molecule has 3 rings (SSSR count). The van der Waals surface area contributed by atoms with Crippen molar-refractivity contribution in [2.75, 3.05) is 6.54 Å². The number of β-amino-alcohol motifs (C(OH)–C–C–N with tert-alkyl or cyclic N) is 1. The molecule has 140 valence electrons. The van der Waals surface area contributed by atoms with E-state index in [1.165, 1.54) is 25.1 Å². The lowest BCUT2D eigenvalue weighted by Gasteiger charge is -2.26. The van der Waals surface area contributed by atoms with Gasteiger partial charge in [0, 0.05) is 17.7 Å². The van der Waals surface area contributed by atoms with E-state index in [1.807, 2.05) is 6.92 Å². The minimum Gasteiger partial charge on any atom is -0.507 e. The number of benzene rings is 2. The van der Waals surface area contributed by atoms with E-state index in [9.17, 15) is 24.2 Å². The van der Waals surface area contributed by atoms with Crippen molar-refractivity contribution in [2.24, 2.45) is 0 Å². The van der Waals surface area contributed by atoms with Crippen LogP contribution in [0.3, 0.4) is 0 Å². The lowest BCUT2D eigenvalue weighted by Crippen LogP contribution is -2.35. The van der Waals surface area contributed by atoms with E-state index in [2.05, 4.69) is 0 Å². The fourth-order valence-electron chi connectivity index (χ4n) is 3.24. The average molecular weight is 369 g/mol. The molecule has 1 aliphatic heterocycles. The molecule has 1 fully saturated rings. The number of carbonyl (C=O) groups is 2. The molecule has 2 atom stereocenters. The highest BCUT2D eigenvalue weighted by Gasteiger charge is 2.47. The Kier molecular flexibility index (Phi) is 5.10. The van der Waals surface area contributed by atoms with Gasteiger partial charge >= 0.3 is 0 Å². The minimum absolute atomic E-state index is 0.0889. The van der Waals surface area contributed by atoms with Crippen LogP contribution in [0.5, 0.6) is 0 Å². The summed E-state index contributed by atoms with van der Waals surface area (Å²) in [6.45, 7) is 3.19. The highest BCUT2D eigenvalue weighted by Crippen LogP contribution is 2.40. The number of halogens is 1. The van der Waals surface area contributed by atoms with Crippen molar-refractivity contribution in [3.8, 4) is 0 Å². The van der Waals surface area contributed by atoms with Gasteiger partial charge in [0.15, 0.2) is 0 Å². The Balaban J connectivity index is 2.21. The maximum atomic E-state index is 14.5. The lowest BCUT2D eigenvalue weighted by atomic mass is 9.94. The molecule has 1 saturated heterocycles. The average Bonchev–Trinajstić information content (AvgIpc) is 2.86. The maximum Gasteiger partial charge on any atom is 0.295 e. The van der Waals surface area contributed by atoms with Crippen LogP contribution in [-0.4, -0.2) is 39.5 Å². The molecule has 0 aromatic heterocycles.